The van der Waals surface area contributed by atoms with Crippen LogP contribution in [-0.2, 0) is 19.6 Å². The Morgan fingerprint density at radius 1 is 1.19 bits per heavy atom. The van der Waals surface area contributed by atoms with Gasteiger partial charge in [0.1, 0.15) is 11.8 Å². The van der Waals surface area contributed by atoms with Crippen molar-refractivity contribution < 1.29 is 27.9 Å². The lowest BCUT2D eigenvalue weighted by Gasteiger charge is -2.22. The zero-order valence-corrected chi connectivity index (χ0v) is 17.8. The molecule has 1 fully saturated rings. The fourth-order valence-corrected chi connectivity index (χ4v) is 4.85. The Balaban J connectivity index is 1.61. The molecule has 1 amide bonds. The van der Waals surface area contributed by atoms with Gasteiger partial charge in [0.2, 0.25) is 10.0 Å². The molecule has 1 saturated heterocycles. The number of aliphatic carboxylic acids is 1. The van der Waals surface area contributed by atoms with Crippen molar-refractivity contribution in [2.45, 2.75) is 23.8 Å². The first-order valence-electron chi connectivity index (χ1n) is 9.32. The molecule has 0 bridgehead atoms. The highest BCUT2D eigenvalue weighted by molar-refractivity contribution is 7.89. The third-order valence-electron chi connectivity index (χ3n) is 4.56. The molecule has 3 rings (SSSR count). The topological polar surface area (TPSA) is 125 Å². The van der Waals surface area contributed by atoms with Crippen molar-refractivity contribution in [1.82, 2.24) is 9.73 Å². The van der Waals surface area contributed by atoms with Gasteiger partial charge < -0.3 is 9.84 Å². The molecule has 1 aliphatic rings. The lowest BCUT2D eigenvalue weighted by atomic mass is 10.2. The van der Waals surface area contributed by atoms with Crippen LogP contribution in [0, 0.1) is 0 Å². The second-order valence-corrected chi connectivity index (χ2v) is 9.04. The molecule has 0 aliphatic carbocycles. The first-order valence-corrected chi connectivity index (χ1v) is 11.1. The van der Waals surface area contributed by atoms with Crippen molar-refractivity contribution in [3.63, 3.8) is 0 Å². The Kier molecular flexibility index (Phi) is 7.26. The van der Waals surface area contributed by atoms with Crippen LogP contribution in [0.2, 0.25) is 5.02 Å². The fraction of sp³-hybridized carbons (Fsp3) is 0.250. The number of halogens is 1. The van der Waals surface area contributed by atoms with E-state index in [0.29, 0.717) is 29.2 Å². The van der Waals surface area contributed by atoms with E-state index in [1.807, 2.05) is 0 Å². The highest BCUT2D eigenvalue weighted by Gasteiger charge is 2.39. The molecular weight excluding hydrogens is 446 g/mol. The van der Waals surface area contributed by atoms with E-state index < -0.39 is 34.5 Å². The predicted octanol–water partition coefficient (Wildman–Crippen LogP) is 2.11. The van der Waals surface area contributed by atoms with Crippen LogP contribution in [0.4, 0.5) is 0 Å². The van der Waals surface area contributed by atoms with Crippen LogP contribution >= 0.6 is 11.6 Å². The van der Waals surface area contributed by atoms with Gasteiger partial charge in [-0.25, -0.2) is 18.6 Å². The second kappa shape index (κ2) is 9.90. The maximum Gasteiger partial charge on any atom is 0.341 e. The normalized spacial score (nSPS) is 17.0. The number of benzene rings is 2. The number of carboxylic acid groups (broad SMARTS) is 1. The van der Waals surface area contributed by atoms with Crippen LogP contribution in [0.1, 0.15) is 18.4 Å². The van der Waals surface area contributed by atoms with Crippen molar-refractivity contribution in [2.24, 2.45) is 5.10 Å². The monoisotopic (exact) mass is 465 g/mol. The molecule has 1 aliphatic heterocycles. The van der Waals surface area contributed by atoms with Gasteiger partial charge in [0.15, 0.2) is 6.61 Å². The Hall–Kier alpha value is -2.95. The number of sulfonamides is 1. The number of hydrazone groups is 1. The van der Waals surface area contributed by atoms with Crippen LogP contribution in [0.25, 0.3) is 0 Å². The lowest BCUT2D eigenvalue weighted by molar-refractivity contribution is -0.139. The number of amides is 1. The van der Waals surface area contributed by atoms with Gasteiger partial charge in [-0.05, 0) is 66.9 Å². The van der Waals surface area contributed by atoms with Crippen LogP contribution in [0.3, 0.4) is 0 Å². The largest absolute Gasteiger partial charge is 0.482 e. The van der Waals surface area contributed by atoms with Crippen molar-refractivity contribution in [3.8, 4) is 5.75 Å². The number of ether oxygens (including phenoxy) is 1. The summed E-state index contributed by atoms with van der Waals surface area (Å²) in [5.41, 5.74) is 3.02. The number of carboxylic acids is 1. The summed E-state index contributed by atoms with van der Waals surface area (Å²) in [6.07, 6.45) is 2.35. The quantitative estimate of drug-likeness (QED) is 0.454. The van der Waals surface area contributed by atoms with E-state index >= 15 is 0 Å². The summed E-state index contributed by atoms with van der Waals surface area (Å²) >= 11 is 5.83. The summed E-state index contributed by atoms with van der Waals surface area (Å²) in [5, 5.41) is 12.9. The van der Waals surface area contributed by atoms with Crippen LogP contribution in [0.15, 0.2) is 58.5 Å². The third-order valence-corrected chi connectivity index (χ3v) is 6.73. The van der Waals surface area contributed by atoms with Crippen molar-refractivity contribution >= 4 is 39.7 Å². The molecule has 2 aromatic rings. The molecule has 1 atom stereocenters. The first-order chi connectivity index (χ1) is 14.8. The summed E-state index contributed by atoms with van der Waals surface area (Å²) in [4.78, 5) is 23.1. The second-order valence-electron chi connectivity index (χ2n) is 6.71. The molecule has 0 unspecified atom stereocenters. The Bertz CT molecular complexity index is 1070. The third kappa shape index (κ3) is 5.81. The minimum absolute atomic E-state index is 0.0744. The Morgan fingerprint density at radius 3 is 2.52 bits per heavy atom. The molecule has 0 spiro atoms. The first kappa shape index (κ1) is 22.7. The van der Waals surface area contributed by atoms with E-state index in [0.717, 1.165) is 0 Å². The van der Waals surface area contributed by atoms with E-state index in [2.05, 4.69) is 10.5 Å². The molecule has 0 radical (unpaired) electrons. The molecule has 11 heteroatoms. The van der Waals surface area contributed by atoms with Gasteiger partial charge in [-0.3, -0.25) is 4.79 Å². The van der Waals surface area contributed by atoms with Crippen LogP contribution in [0.5, 0.6) is 5.75 Å². The Labute approximate surface area is 184 Å². The molecular formula is C20H20ClN3O6S. The summed E-state index contributed by atoms with van der Waals surface area (Å²) < 4.78 is 32.0. The number of nitrogens with zero attached hydrogens (tertiary/aromatic N) is 2. The number of carbonyl (C=O) groups is 2. The molecule has 0 aromatic heterocycles. The highest BCUT2D eigenvalue weighted by Crippen LogP contribution is 2.27. The van der Waals surface area contributed by atoms with E-state index in [1.54, 1.807) is 24.3 Å². The van der Waals surface area contributed by atoms with Gasteiger partial charge in [-0.2, -0.15) is 9.41 Å². The van der Waals surface area contributed by atoms with E-state index in [9.17, 15) is 18.0 Å². The molecule has 2 aromatic carbocycles. The number of hydrogen-bond donors (Lipinski definition) is 2. The Morgan fingerprint density at radius 2 is 1.87 bits per heavy atom. The van der Waals surface area contributed by atoms with E-state index in [-0.39, 0.29) is 11.4 Å². The van der Waals surface area contributed by atoms with Gasteiger partial charge in [0.05, 0.1) is 11.1 Å². The molecule has 31 heavy (non-hydrogen) atoms. The summed E-state index contributed by atoms with van der Waals surface area (Å²) in [5.74, 6) is -1.21. The zero-order chi connectivity index (χ0) is 22.4. The van der Waals surface area contributed by atoms with E-state index in [4.69, 9.17) is 21.4 Å². The summed E-state index contributed by atoms with van der Waals surface area (Å²) in [6.45, 7) is -0.203. The fourth-order valence-electron chi connectivity index (χ4n) is 3.07. The number of carbonyl (C=O) groups excluding carboxylic acids is 1. The van der Waals surface area contributed by atoms with Gasteiger partial charge in [-0.1, -0.05) is 11.6 Å². The smallest absolute Gasteiger partial charge is 0.341 e. The van der Waals surface area contributed by atoms with Crippen LogP contribution < -0.4 is 10.2 Å². The average molecular weight is 466 g/mol. The minimum Gasteiger partial charge on any atom is -0.482 e. The molecule has 0 saturated carbocycles. The number of rotatable bonds is 8. The maximum absolute atomic E-state index is 12.9. The van der Waals surface area contributed by atoms with Crippen molar-refractivity contribution in [2.75, 3.05) is 13.2 Å². The average Bonchev–Trinajstić information content (AvgIpc) is 3.24. The van der Waals surface area contributed by atoms with E-state index in [1.165, 1.54) is 34.8 Å². The van der Waals surface area contributed by atoms with Crippen molar-refractivity contribution in [3.05, 3.63) is 59.1 Å². The molecule has 164 valence electrons. The van der Waals surface area contributed by atoms with Gasteiger partial charge in [0, 0.05) is 11.6 Å². The predicted molar refractivity (Wildman–Crippen MR) is 114 cm³/mol. The van der Waals surface area contributed by atoms with Gasteiger partial charge in [-0.15, -0.1) is 0 Å². The van der Waals surface area contributed by atoms with Crippen molar-refractivity contribution in [1.29, 1.82) is 0 Å². The van der Waals surface area contributed by atoms with Crippen LogP contribution in [-0.4, -0.2) is 55.1 Å². The summed E-state index contributed by atoms with van der Waals surface area (Å²) in [7, 11) is -3.84. The summed E-state index contributed by atoms with van der Waals surface area (Å²) in [6, 6.07) is 11.4. The van der Waals surface area contributed by atoms with Gasteiger partial charge >= 0.3 is 5.97 Å². The molecule has 1 heterocycles. The maximum atomic E-state index is 12.9. The molecule has 9 nitrogen and oxygen atoms in total. The standard InChI is InChI=1S/C20H20ClN3O6S/c21-15-5-9-17(10-6-15)31(28,29)24-11-1-2-18(24)20(27)23-22-12-14-3-7-16(8-4-14)30-13-19(25)26/h3-10,12,18H,1-2,11,13H2,(H,23,27)(H,25,26)/t18-/m1/s1. The SMILES string of the molecule is O=C(O)COc1ccc(C=NNC(=O)[C@H]2CCCN2S(=O)(=O)c2ccc(Cl)cc2)cc1. The molecule has 2 N–H and O–H groups in total. The lowest BCUT2D eigenvalue weighted by Crippen LogP contribution is -2.44. The minimum atomic E-state index is -3.84. The number of hydrogen-bond acceptors (Lipinski definition) is 6. The highest BCUT2D eigenvalue weighted by atomic mass is 35.5. The zero-order valence-electron chi connectivity index (χ0n) is 16.3. The number of nitrogens with one attached hydrogen (secondary N) is 1. The van der Waals surface area contributed by atoms with Gasteiger partial charge in [0.25, 0.3) is 5.91 Å².